The molecule has 0 radical (unpaired) electrons. The lowest BCUT2D eigenvalue weighted by molar-refractivity contribution is -0.320. The average Bonchev–Trinajstić information content (AvgIpc) is 3.27. The Bertz CT molecular complexity index is 464. The fourth-order valence-electron chi connectivity index (χ4n) is 2.87. The summed E-state index contributed by atoms with van der Waals surface area (Å²) >= 11 is 0. The third-order valence-corrected chi connectivity index (χ3v) is 4.06. The standard InChI is InChI=1S/C14H16O5/c15-7-14-8-16-13(9-4-2-1-3-5-9)19-12(14)11-10(18-11)6-17-14/h1-5,10-13,15H,6-8H2/t10-,11-,12?,13+,14+/m0/s1. The summed E-state index contributed by atoms with van der Waals surface area (Å²) in [7, 11) is 0. The Morgan fingerprint density at radius 3 is 2.84 bits per heavy atom. The maximum absolute atomic E-state index is 9.63. The molecule has 0 aliphatic carbocycles. The highest BCUT2D eigenvalue weighted by atomic mass is 16.7. The van der Waals surface area contributed by atoms with E-state index in [1.807, 2.05) is 30.3 Å². The van der Waals surface area contributed by atoms with Crippen molar-refractivity contribution in [3.05, 3.63) is 35.9 Å². The number of epoxide rings is 1. The molecule has 5 heteroatoms. The number of ether oxygens (including phenoxy) is 4. The average molecular weight is 264 g/mol. The van der Waals surface area contributed by atoms with Gasteiger partial charge in [-0.3, -0.25) is 0 Å². The van der Waals surface area contributed by atoms with Crippen molar-refractivity contribution < 1.29 is 24.1 Å². The first-order chi connectivity index (χ1) is 9.32. The highest BCUT2D eigenvalue weighted by molar-refractivity contribution is 5.18. The molecule has 0 bridgehead atoms. The van der Waals surface area contributed by atoms with Crippen molar-refractivity contribution in [3.63, 3.8) is 0 Å². The van der Waals surface area contributed by atoms with Crippen LogP contribution in [0.5, 0.6) is 0 Å². The second-order valence-corrected chi connectivity index (χ2v) is 5.28. The highest BCUT2D eigenvalue weighted by Crippen LogP contribution is 2.45. The normalized spacial score (nSPS) is 44.3. The summed E-state index contributed by atoms with van der Waals surface area (Å²) in [5.74, 6) is 0. The van der Waals surface area contributed by atoms with Crippen molar-refractivity contribution >= 4 is 0 Å². The van der Waals surface area contributed by atoms with Crippen LogP contribution in [0.2, 0.25) is 0 Å². The van der Waals surface area contributed by atoms with Crippen LogP contribution in [0, 0.1) is 0 Å². The summed E-state index contributed by atoms with van der Waals surface area (Å²) in [6.07, 6.45) is -0.553. The molecule has 1 unspecified atom stereocenters. The molecule has 1 N–H and O–H groups in total. The Balaban J connectivity index is 1.59. The number of fused-ring (bicyclic) bond motifs is 3. The van der Waals surface area contributed by atoms with E-state index in [1.54, 1.807) is 0 Å². The Morgan fingerprint density at radius 2 is 2.05 bits per heavy atom. The molecule has 3 aliphatic heterocycles. The van der Waals surface area contributed by atoms with Crippen molar-refractivity contribution in [3.8, 4) is 0 Å². The van der Waals surface area contributed by atoms with Gasteiger partial charge in [0.05, 0.1) is 19.8 Å². The summed E-state index contributed by atoms with van der Waals surface area (Å²) in [4.78, 5) is 0. The molecule has 3 aliphatic rings. The van der Waals surface area contributed by atoms with Crippen molar-refractivity contribution in [2.75, 3.05) is 19.8 Å². The van der Waals surface area contributed by atoms with Crippen molar-refractivity contribution in [1.29, 1.82) is 0 Å². The van der Waals surface area contributed by atoms with Crippen LogP contribution >= 0.6 is 0 Å². The number of benzene rings is 1. The SMILES string of the molecule is OC[C@@]12CO[C@@H](c3ccccc3)OC1[C@H]1O[C@H]1CO2. The van der Waals surface area contributed by atoms with Gasteiger partial charge in [-0.05, 0) is 0 Å². The van der Waals surface area contributed by atoms with E-state index in [-0.39, 0.29) is 24.9 Å². The maximum Gasteiger partial charge on any atom is 0.184 e. The Hall–Kier alpha value is -0.980. The Morgan fingerprint density at radius 1 is 1.21 bits per heavy atom. The van der Waals surface area contributed by atoms with Crippen LogP contribution in [0.3, 0.4) is 0 Å². The molecule has 1 aromatic rings. The smallest absolute Gasteiger partial charge is 0.184 e. The Kier molecular flexibility index (Phi) is 2.65. The van der Waals surface area contributed by atoms with E-state index in [1.165, 1.54) is 0 Å². The van der Waals surface area contributed by atoms with Crippen LogP contribution < -0.4 is 0 Å². The molecule has 0 spiro atoms. The van der Waals surface area contributed by atoms with Crippen LogP contribution in [-0.4, -0.2) is 48.8 Å². The first-order valence-electron chi connectivity index (χ1n) is 6.55. The summed E-state index contributed by atoms with van der Waals surface area (Å²) in [5, 5.41) is 9.63. The molecule has 0 aromatic heterocycles. The van der Waals surface area contributed by atoms with Gasteiger partial charge in [0.25, 0.3) is 0 Å². The Labute approximate surface area is 111 Å². The number of hydrogen-bond donors (Lipinski definition) is 1. The lowest BCUT2D eigenvalue weighted by atomic mass is 9.90. The minimum Gasteiger partial charge on any atom is -0.393 e. The predicted molar refractivity (Wildman–Crippen MR) is 64.4 cm³/mol. The van der Waals surface area contributed by atoms with E-state index in [0.29, 0.717) is 13.2 Å². The minimum absolute atomic E-state index is 0.0241. The van der Waals surface area contributed by atoms with Crippen molar-refractivity contribution in [1.82, 2.24) is 0 Å². The van der Waals surface area contributed by atoms with Gasteiger partial charge < -0.3 is 24.1 Å². The summed E-state index contributed by atoms with van der Waals surface area (Å²) in [6.45, 7) is 0.705. The zero-order chi connectivity index (χ0) is 12.9. The van der Waals surface area contributed by atoms with Gasteiger partial charge in [-0.15, -0.1) is 0 Å². The van der Waals surface area contributed by atoms with Crippen LogP contribution in [0.1, 0.15) is 11.9 Å². The lowest BCUT2D eigenvalue weighted by Gasteiger charge is -2.46. The van der Waals surface area contributed by atoms with Crippen molar-refractivity contribution in [2.45, 2.75) is 30.2 Å². The number of rotatable bonds is 2. The number of aliphatic hydroxyl groups excluding tert-OH is 1. The molecule has 5 nitrogen and oxygen atoms in total. The largest absolute Gasteiger partial charge is 0.393 e. The van der Waals surface area contributed by atoms with E-state index in [4.69, 9.17) is 18.9 Å². The monoisotopic (exact) mass is 264 g/mol. The van der Waals surface area contributed by atoms with E-state index in [9.17, 15) is 5.11 Å². The first kappa shape index (κ1) is 11.8. The molecule has 1 aromatic carbocycles. The second kappa shape index (κ2) is 4.26. The maximum atomic E-state index is 9.63. The molecule has 3 fully saturated rings. The molecule has 5 atom stereocenters. The fraction of sp³-hybridized carbons (Fsp3) is 0.571. The molecule has 3 saturated heterocycles. The molecular weight excluding hydrogens is 248 g/mol. The summed E-state index contributed by atoms with van der Waals surface area (Å²) < 4.78 is 23.0. The molecule has 0 amide bonds. The van der Waals surface area contributed by atoms with Gasteiger partial charge >= 0.3 is 0 Å². The minimum atomic E-state index is -0.775. The predicted octanol–water partition coefficient (Wildman–Crippen LogP) is 0.629. The van der Waals surface area contributed by atoms with Gasteiger partial charge in [0.2, 0.25) is 0 Å². The number of hydrogen-bond acceptors (Lipinski definition) is 5. The molecule has 3 heterocycles. The summed E-state index contributed by atoms with van der Waals surface area (Å²) in [6, 6.07) is 9.78. The quantitative estimate of drug-likeness (QED) is 0.794. The van der Waals surface area contributed by atoms with Crippen LogP contribution in [0.15, 0.2) is 30.3 Å². The third kappa shape index (κ3) is 1.81. The van der Waals surface area contributed by atoms with Crippen LogP contribution in [0.4, 0.5) is 0 Å². The van der Waals surface area contributed by atoms with Gasteiger partial charge in [-0.1, -0.05) is 30.3 Å². The fourth-order valence-corrected chi connectivity index (χ4v) is 2.87. The zero-order valence-electron chi connectivity index (χ0n) is 10.4. The third-order valence-electron chi connectivity index (χ3n) is 4.06. The van der Waals surface area contributed by atoms with Gasteiger partial charge in [0, 0.05) is 5.56 Å². The van der Waals surface area contributed by atoms with Crippen molar-refractivity contribution in [2.24, 2.45) is 0 Å². The second-order valence-electron chi connectivity index (χ2n) is 5.28. The highest BCUT2D eigenvalue weighted by Gasteiger charge is 2.62. The van der Waals surface area contributed by atoms with Gasteiger partial charge in [0.1, 0.15) is 23.9 Å². The van der Waals surface area contributed by atoms with Gasteiger partial charge in [-0.2, -0.15) is 0 Å². The van der Waals surface area contributed by atoms with Gasteiger partial charge in [0.15, 0.2) is 6.29 Å². The molecular formula is C14H16O5. The molecule has 4 rings (SSSR count). The topological polar surface area (TPSA) is 60.5 Å². The van der Waals surface area contributed by atoms with Gasteiger partial charge in [-0.25, -0.2) is 0 Å². The van der Waals surface area contributed by atoms with E-state index < -0.39 is 11.9 Å². The lowest BCUT2D eigenvalue weighted by Crippen LogP contribution is -2.62. The zero-order valence-corrected chi connectivity index (χ0v) is 10.4. The molecule has 0 saturated carbocycles. The number of aliphatic hydroxyl groups is 1. The van der Waals surface area contributed by atoms with Crippen LogP contribution in [-0.2, 0) is 18.9 Å². The van der Waals surface area contributed by atoms with E-state index >= 15 is 0 Å². The van der Waals surface area contributed by atoms with E-state index in [2.05, 4.69) is 0 Å². The first-order valence-corrected chi connectivity index (χ1v) is 6.55. The van der Waals surface area contributed by atoms with E-state index in [0.717, 1.165) is 5.56 Å². The molecule has 19 heavy (non-hydrogen) atoms. The molecule has 102 valence electrons. The summed E-state index contributed by atoms with van der Waals surface area (Å²) in [5.41, 5.74) is 0.194. The van der Waals surface area contributed by atoms with Crippen LogP contribution in [0.25, 0.3) is 0 Å².